The van der Waals surface area contributed by atoms with Crippen molar-refractivity contribution in [2.75, 3.05) is 6.54 Å². The van der Waals surface area contributed by atoms with Gasteiger partial charge in [0.2, 0.25) is 5.91 Å². The standard InChI is InChI=1S/C14H20N2O2/c1-10(11-5-3-2-4-6-11)16-14(17)13-8-7-12(9-15)18-13/h2-6,10,12-13H,7-9,15H2,1H3,(H,16,17). The van der Waals surface area contributed by atoms with Crippen molar-refractivity contribution in [1.82, 2.24) is 5.32 Å². The van der Waals surface area contributed by atoms with Crippen molar-refractivity contribution < 1.29 is 9.53 Å². The molecule has 4 heteroatoms. The third-order valence-corrected chi connectivity index (χ3v) is 3.32. The predicted molar refractivity (Wildman–Crippen MR) is 69.9 cm³/mol. The maximum absolute atomic E-state index is 12.0. The molecular weight excluding hydrogens is 228 g/mol. The van der Waals surface area contributed by atoms with Crippen LogP contribution in [0.5, 0.6) is 0 Å². The second-order valence-electron chi connectivity index (χ2n) is 4.70. The fourth-order valence-corrected chi connectivity index (χ4v) is 2.20. The van der Waals surface area contributed by atoms with E-state index in [2.05, 4.69) is 5.32 Å². The minimum atomic E-state index is -0.343. The molecule has 3 unspecified atom stereocenters. The Labute approximate surface area is 108 Å². The molecule has 1 aliphatic heterocycles. The van der Waals surface area contributed by atoms with E-state index in [0.717, 1.165) is 18.4 Å². The fourth-order valence-electron chi connectivity index (χ4n) is 2.20. The van der Waals surface area contributed by atoms with Crippen LogP contribution in [0.3, 0.4) is 0 Å². The molecule has 1 heterocycles. The van der Waals surface area contributed by atoms with Gasteiger partial charge in [0.05, 0.1) is 12.1 Å². The topological polar surface area (TPSA) is 64.4 Å². The second kappa shape index (κ2) is 5.98. The fraction of sp³-hybridized carbons (Fsp3) is 0.500. The smallest absolute Gasteiger partial charge is 0.249 e. The van der Waals surface area contributed by atoms with Gasteiger partial charge in [-0.3, -0.25) is 4.79 Å². The van der Waals surface area contributed by atoms with Crippen LogP contribution in [0.25, 0.3) is 0 Å². The predicted octanol–water partition coefficient (Wildman–Crippen LogP) is 1.37. The van der Waals surface area contributed by atoms with E-state index in [1.807, 2.05) is 37.3 Å². The zero-order valence-corrected chi connectivity index (χ0v) is 10.6. The largest absolute Gasteiger partial charge is 0.364 e. The van der Waals surface area contributed by atoms with Crippen LogP contribution in [-0.4, -0.2) is 24.7 Å². The summed E-state index contributed by atoms with van der Waals surface area (Å²) < 4.78 is 5.57. The van der Waals surface area contributed by atoms with Gasteiger partial charge in [-0.1, -0.05) is 30.3 Å². The molecule has 0 radical (unpaired) electrons. The zero-order valence-electron chi connectivity index (χ0n) is 10.6. The van der Waals surface area contributed by atoms with Gasteiger partial charge >= 0.3 is 0 Å². The van der Waals surface area contributed by atoms with E-state index in [0.29, 0.717) is 6.54 Å². The summed E-state index contributed by atoms with van der Waals surface area (Å²) in [5.74, 6) is -0.0395. The normalized spacial score (nSPS) is 24.8. The van der Waals surface area contributed by atoms with Gasteiger partial charge in [-0.2, -0.15) is 0 Å². The van der Waals surface area contributed by atoms with Gasteiger partial charge in [-0.05, 0) is 25.3 Å². The summed E-state index contributed by atoms with van der Waals surface area (Å²) in [6.07, 6.45) is 1.32. The van der Waals surface area contributed by atoms with Gasteiger partial charge in [0.15, 0.2) is 0 Å². The molecule has 18 heavy (non-hydrogen) atoms. The molecule has 0 aromatic heterocycles. The van der Waals surface area contributed by atoms with Crippen LogP contribution in [0.4, 0.5) is 0 Å². The lowest BCUT2D eigenvalue weighted by Gasteiger charge is -2.18. The Bertz CT molecular complexity index is 394. The van der Waals surface area contributed by atoms with E-state index in [1.165, 1.54) is 0 Å². The first kappa shape index (κ1) is 13.1. The summed E-state index contributed by atoms with van der Waals surface area (Å²) in [6, 6.07) is 9.90. The average molecular weight is 248 g/mol. The van der Waals surface area contributed by atoms with Crippen LogP contribution in [0, 0.1) is 0 Å². The lowest BCUT2D eigenvalue weighted by Crippen LogP contribution is -2.36. The molecule has 0 saturated carbocycles. The number of ether oxygens (including phenoxy) is 1. The maximum atomic E-state index is 12.0. The Balaban J connectivity index is 1.88. The first-order valence-corrected chi connectivity index (χ1v) is 6.41. The number of nitrogens with one attached hydrogen (secondary N) is 1. The van der Waals surface area contributed by atoms with Crippen LogP contribution >= 0.6 is 0 Å². The second-order valence-corrected chi connectivity index (χ2v) is 4.70. The summed E-state index contributed by atoms with van der Waals surface area (Å²) in [5.41, 5.74) is 6.63. The SMILES string of the molecule is CC(NC(=O)C1CCC(CN)O1)c1ccccc1. The van der Waals surface area contributed by atoms with Crippen molar-refractivity contribution in [2.24, 2.45) is 5.73 Å². The molecule has 3 N–H and O–H groups in total. The molecule has 1 aliphatic rings. The molecule has 1 aromatic carbocycles. The third-order valence-electron chi connectivity index (χ3n) is 3.32. The Morgan fingerprint density at radius 1 is 1.44 bits per heavy atom. The summed E-state index contributed by atoms with van der Waals surface area (Å²) in [6.45, 7) is 2.46. The molecule has 1 amide bonds. The van der Waals surface area contributed by atoms with Crippen LogP contribution in [-0.2, 0) is 9.53 Å². The number of hydrogen-bond donors (Lipinski definition) is 2. The molecule has 1 fully saturated rings. The van der Waals surface area contributed by atoms with E-state index in [1.54, 1.807) is 0 Å². The molecule has 1 saturated heterocycles. The molecule has 98 valence electrons. The van der Waals surface area contributed by atoms with Gasteiger partial charge in [0.25, 0.3) is 0 Å². The molecule has 2 rings (SSSR count). The van der Waals surface area contributed by atoms with Gasteiger partial charge in [-0.25, -0.2) is 0 Å². The number of amides is 1. The number of carbonyl (C=O) groups excluding carboxylic acids is 1. The quantitative estimate of drug-likeness (QED) is 0.846. The zero-order chi connectivity index (χ0) is 13.0. The first-order valence-electron chi connectivity index (χ1n) is 6.41. The average Bonchev–Trinajstić information content (AvgIpc) is 2.88. The number of nitrogens with two attached hydrogens (primary N) is 1. The van der Waals surface area contributed by atoms with Crippen molar-refractivity contribution in [1.29, 1.82) is 0 Å². The molecule has 1 aromatic rings. The Hall–Kier alpha value is -1.39. The van der Waals surface area contributed by atoms with Gasteiger partial charge in [-0.15, -0.1) is 0 Å². The first-order chi connectivity index (χ1) is 8.70. The third kappa shape index (κ3) is 3.09. The van der Waals surface area contributed by atoms with Crippen molar-refractivity contribution in [3.63, 3.8) is 0 Å². The lowest BCUT2D eigenvalue weighted by molar-refractivity contribution is -0.132. The monoisotopic (exact) mass is 248 g/mol. The highest BCUT2D eigenvalue weighted by Crippen LogP contribution is 2.20. The summed E-state index contributed by atoms with van der Waals surface area (Å²) >= 11 is 0. The Morgan fingerprint density at radius 3 is 2.78 bits per heavy atom. The molecular formula is C14H20N2O2. The lowest BCUT2D eigenvalue weighted by atomic mass is 10.1. The van der Waals surface area contributed by atoms with Crippen LogP contribution in [0.2, 0.25) is 0 Å². The van der Waals surface area contributed by atoms with Crippen LogP contribution in [0.1, 0.15) is 31.4 Å². The molecule has 0 spiro atoms. The Morgan fingerprint density at radius 2 is 2.17 bits per heavy atom. The highest BCUT2D eigenvalue weighted by atomic mass is 16.5. The molecule has 4 nitrogen and oxygen atoms in total. The Kier molecular flexibility index (Phi) is 4.33. The van der Waals surface area contributed by atoms with Crippen molar-refractivity contribution >= 4 is 5.91 Å². The van der Waals surface area contributed by atoms with E-state index in [-0.39, 0.29) is 24.2 Å². The van der Waals surface area contributed by atoms with E-state index in [9.17, 15) is 4.79 Å². The van der Waals surface area contributed by atoms with Crippen molar-refractivity contribution in [3.05, 3.63) is 35.9 Å². The number of rotatable bonds is 4. The van der Waals surface area contributed by atoms with Gasteiger partial charge < -0.3 is 15.8 Å². The molecule has 0 bridgehead atoms. The summed E-state index contributed by atoms with van der Waals surface area (Å²) in [4.78, 5) is 12.0. The number of carbonyl (C=O) groups is 1. The van der Waals surface area contributed by atoms with Crippen molar-refractivity contribution in [2.45, 2.75) is 38.0 Å². The number of hydrogen-bond acceptors (Lipinski definition) is 3. The number of benzene rings is 1. The van der Waals surface area contributed by atoms with Gasteiger partial charge in [0.1, 0.15) is 6.10 Å². The van der Waals surface area contributed by atoms with Crippen LogP contribution < -0.4 is 11.1 Å². The minimum Gasteiger partial charge on any atom is -0.364 e. The maximum Gasteiger partial charge on any atom is 0.249 e. The van der Waals surface area contributed by atoms with E-state index in [4.69, 9.17) is 10.5 Å². The highest BCUT2D eigenvalue weighted by molar-refractivity contribution is 5.81. The van der Waals surface area contributed by atoms with E-state index >= 15 is 0 Å². The van der Waals surface area contributed by atoms with Crippen LogP contribution in [0.15, 0.2) is 30.3 Å². The minimum absolute atomic E-state index is 0.000716. The molecule has 3 atom stereocenters. The highest BCUT2D eigenvalue weighted by Gasteiger charge is 2.30. The molecule has 0 aliphatic carbocycles. The summed E-state index contributed by atoms with van der Waals surface area (Å²) in [5, 5.41) is 2.98. The summed E-state index contributed by atoms with van der Waals surface area (Å²) in [7, 11) is 0. The van der Waals surface area contributed by atoms with E-state index < -0.39 is 0 Å². The van der Waals surface area contributed by atoms with Crippen molar-refractivity contribution in [3.8, 4) is 0 Å². The van der Waals surface area contributed by atoms with Gasteiger partial charge in [0, 0.05) is 6.54 Å².